The minimum Gasteiger partial charge on any atom is -0.492 e. The summed E-state index contributed by atoms with van der Waals surface area (Å²) in [5, 5.41) is 11.9. The minimum atomic E-state index is -0.445. The number of hydrogen-bond donors (Lipinski definition) is 1. The number of hydrogen-bond acceptors (Lipinski definition) is 5. The molecule has 7 nitrogen and oxygen atoms in total. The Balaban J connectivity index is 1.81. The Morgan fingerprint density at radius 3 is 2.28 bits per heavy atom. The molecule has 5 rings (SSSR count). The fraction of sp³-hybridized carbons (Fsp3) is 0.0800. The van der Waals surface area contributed by atoms with E-state index in [9.17, 15) is 14.7 Å². The molecule has 0 radical (unpaired) electrons. The maximum absolute atomic E-state index is 13.5. The van der Waals surface area contributed by atoms with E-state index >= 15 is 0 Å². The summed E-state index contributed by atoms with van der Waals surface area (Å²) >= 11 is 0. The van der Waals surface area contributed by atoms with E-state index in [-0.39, 0.29) is 11.4 Å². The molecule has 7 heteroatoms. The smallest absolute Gasteiger partial charge is 0.337 e. The van der Waals surface area contributed by atoms with Crippen molar-refractivity contribution in [3.63, 3.8) is 0 Å². The Labute approximate surface area is 182 Å². The number of carbonyl (C=O) groups excluding carboxylic acids is 1. The number of aromatic nitrogens is 3. The normalized spacial score (nSPS) is 11.2. The summed E-state index contributed by atoms with van der Waals surface area (Å²) in [6.07, 6.45) is 0. The standard InChI is InChI=1S/C25H19N3O4/c1-32-25(31)18-13-11-17(12-14-18)22-26-23(29)21-19-9-5-6-10-20(19)24(30)27(28(21)22)15-16-7-3-2-4-8-16/h2-14,29H,15H2,1H3. The van der Waals surface area contributed by atoms with Gasteiger partial charge in [0, 0.05) is 10.9 Å². The van der Waals surface area contributed by atoms with Crippen molar-refractivity contribution in [2.45, 2.75) is 6.54 Å². The Morgan fingerprint density at radius 2 is 1.59 bits per heavy atom. The molecule has 0 aliphatic carbocycles. The van der Waals surface area contributed by atoms with Crippen LogP contribution in [0.3, 0.4) is 0 Å². The minimum absolute atomic E-state index is 0.171. The van der Waals surface area contributed by atoms with Gasteiger partial charge in [-0.1, -0.05) is 60.7 Å². The molecule has 0 fully saturated rings. The lowest BCUT2D eigenvalue weighted by Gasteiger charge is -2.14. The molecule has 0 spiro atoms. The SMILES string of the molecule is COC(=O)c1ccc(-c2nc(O)c3c4ccccc4c(=O)n(Cc4ccccc4)n23)cc1. The molecule has 32 heavy (non-hydrogen) atoms. The lowest BCUT2D eigenvalue weighted by Crippen LogP contribution is -2.27. The molecule has 0 saturated carbocycles. The van der Waals surface area contributed by atoms with Crippen molar-refractivity contribution in [3.05, 3.63) is 100 Å². The number of nitrogens with zero attached hydrogens (tertiary/aromatic N) is 3. The van der Waals surface area contributed by atoms with Gasteiger partial charge >= 0.3 is 5.97 Å². The first kappa shape index (κ1) is 19.6. The summed E-state index contributed by atoms with van der Waals surface area (Å²) in [4.78, 5) is 29.7. The van der Waals surface area contributed by atoms with E-state index in [0.717, 1.165) is 5.56 Å². The van der Waals surface area contributed by atoms with Gasteiger partial charge in [0.15, 0.2) is 5.82 Å². The van der Waals surface area contributed by atoms with Crippen molar-refractivity contribution >= 4 is 22.3 Å². The van der Waals surface area contributed by atoms with Gasteiger partial charge in [-0.05, 0) is 23.8 Å². The molecule has 0 bridgehead atoms. The van der Waals surface area contributed by atoms with E-state index in [1.54, 1.807) is 51.7 Å². The first-order valence-corrected chi connectivity index (χ1v) is 10.0. The molecule has 0 atom stereocenters. The molecule has 0 saturated heterocycles. The summed E-state index contributed by atoms with van der Waals surface area (Å²) in [5.74, 6) is -0.220. The van der Waals surface area contributed by atoms with E-state index in [0.29, 0.717) is 39.8 Å². The predicted octanol–water partition coefficient (Wildman–Crippen LogP) is 3.86. The Bertz CT molecular complexity index is 1520. The highest BCUT2D eigenvalue weighted by atomic mass is 16.5. The van der Waals surface area contributed by atoms with Crippen molar-refractivity contribution in [1.29, 1.82) is 0 Å². The number of rotatable bonds is 4. The van der Waals surface area contributed by atoms with E-state index in [4.69, 9.17) is 4.74 Å². The largest absolute Gasteiger partial charge is 0.492 e. The number of esters is 1. The molecule has 0 unspecified atom stereocenters. The van der Waals surface area contributed by atoms with Gasteiger partial charge in [-0.25, -0.2) is 14.0 Å². The fourth-order valence-electron chi connectivity index (χ4n) is 3.94. The first-order chi connectivity index (χ1) is 15.6. The molecule has 1 N–H and O–H groups in total. The summed E-state index contributed by atoms with van der Waals surface area (Å²) < 4.78 is 7.99. The zero-order valence-electron chi connectivity index (χ0n) is 17.2. The van der Waals surface area contributed by atoms with Crippen LogP contribution >= 0.6 is 0 Å². The van der Waals surface area contributed by atoms with Crippen LogP contribution < -0.4 is 5.56 Å². The molecule has 5 aromatic rings. The van der Waals surface area contributed by atoms with Crippen LogP contribution in [0, 0.1) is 0 Å². The zero-order chi connectivity index (χ0) is 22.2. The van der Waals surface area contributed by atoms with Crippen molar-refractivity contribution in [3.8, 4) is 17.3 Å². The maximum atomic E-state index is 13.5. The second-order valence-electron chi connectivity index (χ2n) is 7.38. The second kappa shape index (κ2) is 7.70. The summed E-state index contributed by atoms with van der Waals surface area (Å²) in [7, 11) is 1.32. The molecule has 2 heterocycles. The number of carbonyl (C=O) groups is 1. The molecule has 158 valence electrons. The Kier molecular flexibility index (Phi) is 4.71. The van der Waals surface area contributed by atoms with Crippen molar-refractivity contribution < 1.29 is 14.6 Å². The van der Waals surface area contributed by atoms with Crippen LogP contribution in [-0.2, 0) is 11.3 Å². The third-order valence-corrected chi connectivity index (χ3v) is 5.46. The summed E-state index contributed by atoms with van der Waals surface area (Å²) in [6, 6.07) is 23.5. The van der Waals surface area contributed by atoms with Crippen molar-refractivity contribution in [1.82, 2.24) is 14.2 Å². The lowest BCUT2D eigenvalue weighted by atomic mass is 10.1. The number of aromatic hydroxyl groups is 1. The van der Waals surface area contributed by atoms with Crippen LogP contribution in [0.4, 0.5) is 0 Å². The topological polar surface area (TPSA) is 85.8 Å². The zero-order valence-corrected chi connectivity index (χ0v) is 17.2. The highest BCUT2D eigenvalue weighted by Gasteiger charge is 2.21. The van der Waals surface area contributed by atoms with Gasteiger partial charge in [0.05, 0.1) is 24.6 Å². The third kappa shape index (κ3) is 3.11. The Hall–Kier alpha value is -4.39. The Morgan fingerprint density at radius 1 is 0.938 bits per heavy atom. The fourth-order valence-corrected chi connectivity index (χ4v) is 3.94. The van der Waals surface area contributed by atoms with Crippen LogP contribution in [0.25, 0.3) is 27.7 Å². The highest BCUT2D eigenvalue weighted by molar-refractivity contribution is 5.98. The van der Waals surface area contributed by atoms with Crippen LogP contribution in [-0.4, -0.2) is 32.4 Å². The van der Waals surface area contributed by atoms with Crippen LogP contribution in [0.2, 0.25) is 0 Å². The lowest BCUT2D eigenvalue weighted by molar-refractivity contribution is 0.0600. The summed E-state index contributed by atoms with van der Waals surface area (Å²) in [6.45, 7) is 0.296. The van der Waals surface area contributed by atoms with E-state index in [2.05, 4.69) is 4.98 Å². The third-order valence-electron chi connectivity index (χ3n) is 5.46. The van der Waals surface area contributed by atoms with Gasteiger partial charge in [-0.3, -0.25) is 4.79 Å². The van der Waals surface area contributed by atoms with Crippen molar-refractivity contribution in [2.24, 2.45) is 0 Å². The monoisotopic (exact) mass is 425 g/mol. The average molecular weight is 425 g/mol. The van der Waals surface area contributed by atoms with Crippen LogP contribution in [0.5, 0.6) is 5.88 Å². The molecule has 3 aromatic carbocycles. The van der Waals surface area contributed by atoms with Crippen LogP contribution in [0.1, 0.15) is 15.9 Å². The van der Waals surface area contributed by atoms with Gasteiger partial charge < -0.3 is 9.84 Å². The van der Waals surface area contributed by atoms with Gasteiger partial charge in [-0.2, -0.15) is 4.98 Å². The number of imidazole rings is 1. The van der Waals surface area contributed by atoms with Crippen LogP contribution in [0.15, 0.2) is 83.7 Å². The van der Waals surface area contributed by atoms with Gasteiger partial charge in [-0.15, -0.1) is 0 Å². The van der Waals surface area contributed by atoms with E-state index in [1.165, 1.54) is 7.11 Å². The molecule has 0 amide bonds. The number of benzene rings is 3. The quantitative estimate of drug-likeness (QED) is 0.442. The van der Waals surface area contributed by atoms with Gasteiger partial charge in [0.1, 0.15) is 5.52 Å². The van der Waals surface area contributed by atoms with Crippen molar-refractivity contribution in [2.75, 3.05) is 7.11 Å². The molecular formula is C25H19N3O4. The second-order valence-corrected chi connectivity index (χ2v) is 7.38. The number of ether oxygens (including phenoxy) is 1. The molecule has 0 aliphatic rings. The highest BCUT2D eigenvalue weighted by Crippen LogP contribution is 2.31. The molecule has 2 aromatic heterocycles. The number of methoxy groups -OCH3 is 1. The molecule has 0 aliphatic heterocycles. The maximum Gasteiger partial charge on any atom is 0.337 e. The van der Waals surface area contributed by atoms with E-state index in [1.807, 2.05) is 36.4 Å². The molecular weight excluding hydrogens is 406 g/mol. The van der Waals surface area contributed by atoms with E-state index < -0.39 is 5.97 Å². The first-order valence-electron chi connectivity index (χ1n) is 10.0. The van der Waals surface area contributed by atoms with Gasteiger partial charge in [0.2, 0.25) is 5.88 Å². The average Bonchev–Trinajstić information content (AvgIpc) is 3.19. The number of fused-ring (bicyclic) bond motifs is 3. The predicted molar refractivity (Wildman–Crippen MR) is 121 cm³/mol. The summed E-state index contributed by atoms with van der Waals surface area (Å²) in [5.41, 5.74) is 2.23. The van der Waals surface area contributed by atoms with Gasteiger partial charge in [0.25, 0.3) is 5.56 Å².